The number of fused-ring (bicyclic) bond motifs is 2. The SMILES string of the molecule is CCCN1CCCCCCn2c(=O)c(C3CCSCC3)cc3c(ncnc32)N[C@H](C)c2cccc(c2F)C(F)(F)CCC1. The minimum Gasteiger partial charge on any atom is -0.363 e. The molecule has 2 aliphatic heterocycles. The van der Waals surface area contributed by atoms with Crippen LogP contribution in [0.15, 0.2) is 35.4 Å². The van der Waals surface area contributed by atoms with Gasteiger partial charge in [0, 0.05) is 24.1 Å². The van der Waals surface area contributed by atoms with Gasteiger partial charge in [0.2, 0.25) is 0 Å². The van der Waals surface area contributed by atoms with Crippen LogP contribution in [0.4, 0.5) is 19.0 Å². The number of nitrogens with one attached hydrogen (secondary N) is 1. The molecule has 1 atom stereocenters. The van der Waals surface area contributed by atoms with Crippen LogP contribution in [0, 0.1) is 5.82 Å². The van der Waals surface area contributed by atoms with E-state index in [4.69, 9.17) is 0 Å². The molecule has 1 saturated heterocycles. The van der Waals surface area contributed by atoms with Crippen LogP contribution in [-0.2, 0) is 12.5 Å². The van der Waals surface area contributed by atoms with E-state index in [1.54, 1.807) is 17.6 Å². The summed E-state index contributed by atoms with van der Waals surface area (Å²) in [5, 5.41) is 3.99. The van der Waals surface area contributed by atoms with Gasteiger partial charge in [0.1, 0.15) is 23.6 Å². The van der Waals surface area contributed by atoms with Crippen LogP contribution in [0.2, 0.25) is 0 Å². The monoisotopic (exact) mass is 615 g/mol. The molecule has 0 amide bonds. The first-order valence-corrected chi connectivity index (χ1v) is 17.1. The minimum absolute atomic E-state index is 0.0133. The predicted octanol–water partition coefficient (Wildman–Crippen LogP) is 7.87. The van der Waals surface area contributed by atoms with Gasteiger partial charge in [-0.3, -0.25) is 9.36 Å². The number of anilines is 1. The van der Waals surface area contributed by atoms with Crippen molar-refractivity contribution in [2.45, 2.75) is 96.1 Å². The number of alkyl halides is 2. The summed E-state index contributed by atoms with van der Waals surface area (Å²) in [5.74, 6) is -1.48. The average molecular weight is 616 g/mol. The van der Waals surface area contributed by atoms with Crippen LogP contribution < -0.4 is 10.9 Å². The van der Waals surface area contributed by atoms with Crippen LogP contribution in [0.3, 0.4) is 0 Å². The second-order valence-electron chi connectivity index (χ2n) is 12.0. The van der Waals surface area contributed by atoms with Crippen molar-refractivity contribution in [1.82, 2.24) is 19.4 Å². The van der Waals surface area contributed by atoms with Crippen molar-refractivity contribution in [3.05, 3.63) is 63.5 Å². The van der Waals surface area contributed by atoms with Crippen molar-refractivity contribution in [2.75, 3.05) is 36.5 Å². The Balaban J connectivity index is 1.56. The van der Waals surface area contributed by atoms with Crippen molar-refractivity contribution in [1.29, 1.82) is 0 Å². The number of aromatic nitrogens is 3. The van der Waals surface area contributed by atoms with E-state index < -0.39 is 29.8 Å². The highest BCUT2D eigenvalue weighted by molar-refractivity contribution is 7.99. The molecule has 234 valence electrons. The fourth-order valence-corrected chi connectivity index (χ4v) is 7.65. The lowest BCUT2D eigenvalue weighted by atomic mass is 9.93. The Kier molecular flexibility index (Phi) is 10.7. The molecular formula is C33H44F3N5OS. The fourth-order valence-electron chi connectivity index (χ4n) is 6.55. The number of rotatable bonds is 3. The van der Waals surface area contributed by atoms with Crippen molar-refractivity contribution in [2.24, 2.45) is 0 Å². The van der Waals surface area contributed by atoms with Gasteiger partial charge in [0.05, 0.1) is 17.0 Å². The zero-order valence-corrected chi connectivity index (χ0v) is 26.2. The molecule has 1 fully saturated rings. The molecule has 0 aliphatic carbocycles. The molecule has 3 aromatic rings. The molecule has 6 bridgehead atoms. The number of pyridine rings is 1. The van der Waals surface area contributed by atoms with Crippen molar-refractivity contribution in [3.8, 4) is 0 Å². The number of hydrogen-bond donors (Lipinski definition) is 1. The van der Waals surface area contributed by atoms with Crippen molar-refractivity contribution >= 4 is 28.6 Å². The first-order chi connectivity index (χ1) is 20.8. The number of aryl methyl sites for hydroxylation is 1. The zero-order valence-electron chi connectivity index (χ0n) is 25.4. The molecular weight excluding hydrogens is 571 g/mol. The maximum atomic E-state index is 15.8. The number of nitrogens with zero attached hydrogens (tertiary/aromatic N) is 4. The minimum atomic E-state index is -3.27. The number of halogens is 3. The van der Waals surface area contributed by atoms with Crippen LogP contribution in [-0.4, -0.2) is 50.6 Å². The molecule has 4 heterocycles. The van der Waals surface area contributed by atoms with E-state index in [0.29, 0.717) is 36.4 Å². The second kappa shape index (κ2) is 14.5. The van der Waals surface area contributed by atoms with Gasteiger partial charge in [-0.2, -0.15) is 11.8 Å². The van der Waals surface area contributed by atoms with Crippen LogP contribution in [0.5, 0.6) is 0 Å². The summed E-state index contributed by atoms with van der Waals surface area (Å²) in [6.07, 6.45) is 7.94. The molecule has 2 aromatic heterocycles. The number of hydrogen-bond acceptors (Lipinski definition) is 6. The summed E-state index contributed by atoms with van der Waals surface area (Å²) in [6, 6.07) is 5.53. The van der Waals surface area contributed by atoms with Crippen LogP contribution >= 0.6 is 11.8 Å². The highest BCUT2D eigenvalue weighted by atomic mass is 32.2. The smallest absolute Gasteiger partial charge is 0.276 e. The Labute approximate surface area is 256 Å². The highest BCUT2D eigenvalue weighted by Crippen LogP contribution is 2.38. The Morgan fingerprint density at radius 3 is 2.53 bits per heavy atom. The maximum absolute atomic E-state index is 15.8. The Hall–Kier alpha value is -2.59. The second-order valence-corrected chi connectivity index (χ2v) is 13.3. The van der Waals surface area contributed by atoms with Gasteiger partial charge in [-0.1, -0.05) is 38.0 Å². The van der Waals surface area contributed by atoms with E-state index in [1.165, 1.54) is 18.5 Å². The van der Waals surface area contributed by atoms with Gasteiger partial charge < -0.3 is 10.2 Å². The molecule has 0 spiro atoms. The third-order valence-electron chi connectivity index (χ3n) is 8.92. The van der Waals surface area contributed by atoms with Crippen molar-refractivity contribution in [3.63, 3.8) is 0 Å². The summed E-state index contributed by atoms with van der Waals surface area (Å²) >= 11 is 1.91. The fraction of sp³-hybridized carbons (Fsp3) is 0.606. The average Bonchev–Trinajstić information content (AvgIpc) is 2.99. The first kappa shape index (κ1) is 31.8. The van der Waals surface area contributed by atoms with E-state index in [2.05, 4.69) is 27.1 Å². The Morgan fingerprint density at radius 1 is 1.02 bits per heavy atom. The maximum Gasteiger partial charge on any atom is 0.276 e. The highest BCUT2D eigenvalue weighted by Gasteiger charge is 2.35. The van der Waals surface area contributed by atoms with Crippen LogP contribution in [0.1, 0.15) is 100 Å². The quantitative estimate of drug-likeness (QED) is 0.324. The summed E-state index contributed by atoms with van der Waals surface area (Å²) in [4.78, 5) is 25.2. The van der Waals surface area contributed by atoms with E-state index in [1.807, 2.05) is 17.8 Å². The number of thioether (sulfide) groups is 1. The van der Waals surface area contributed by atoms with Gasteiger partial charge in [-0.25, -0.2) is 23.1 Å². The molecule has 2 aliphatic rings. The summed E-state index contributed by atoms with van der Waals surface area (Å²) in [6.45, 7) is 6.68. The predicted molar refractivity (Wildman–Crippen MR) is 170 cm³/mol. The molecule has 6 nitrogen and oxygen atoms in total. The van der Waals surface area contributed by atoms with E-state index in [9.17, 15) is 4.79 Å². The van der Waals surface area contributed by atoms with Gasteiger partial charge in [0.25, 0.3) is 11.5 Å². The largest absolute Gasteiger partial charge is 0.363 e. The Morgan fingerprint density at radius 2 is 1.77 bits per heavy atom. The van der Waals surface area contributed by atoms with E-state index in [0.717, 1.165) is 75.1 Å². The van der Waals surface area contributed by atoms with Gasteiger partial charge in [-0.05, 0) is 88.6 Å². The van der Waals surface area contributed by atoms with Gasteiger partial charge in [-0.15, -0.1) is 0 Å². The third kappa shape index (κ3) is 7.39. The molecule has 43 heavy (non-hydrogen) atoms. The summed E-state index contributed by atoms with van der Waals surface area (Å²) in [7, 11) is 0. The topological polar surface area (TPSA) is 63.1 Å². The van der Waals surface area contributed by atoms with Gasteiger partial charge in [0.15, 0.2) is 0 Å². The standard InChI is InChI=1S/C33H44F3N5OS/c1-3-15-40-16-6-4-5-7-18-41-31-27(21-26(32(41)42)24-12-19-43-20-13-24)30(37-22-38-31)39-23(2)25-10-8-11-28(29(25)34)33(35,36)14-9-17-40/h8,10-11,21-24H,3-7,9,12-20H2,1-2H3,(H,37,38,39)/t23-/m1/s1. The van der Waals surface area contributed by atoms with Crippen LogP contribution in [0.25, 0.3) is 11.0 Å². The summed E-state index contributed by atoms with van der Waals surface area (Å²) < 4.78 is 48.4. The molecule has 0 unspecified atom stereocenters. The van der Waals surface area contributed by atoms with Gasteiger partial charge >= 0.3 is 0 Å². The molecule has 1 aromatic carbocycles. The lowest BCUT2D eigenvalue weighted by Gasteiger charge is -2.25. The number of benzene rings is 1. The normalized spacial score (nSPS) is 21.5. The lowest BCUT2D eigenvalue weighted by molar-refractivity contribution is -0.0208. The lowest BCUT2D eigenvalue weighted by Crippen LogP contribution is -2.29. The molecule has 0 radical (unpaired) electrons. The first-order valence-electron chi connectivity index (χ1n) is 15.9. The Bertz CT molecular complexity index is 1440. The molecule has 10 heteroatoms. The molecule has 0 saturated carbocycles. The zero-order chi connectivity index (χ0) is 30.4. The summed E-state index contributed by atoms with van der Waals surface area (Å²) in [5.41, 5.74) is 0.938. The molecule has 5 rings (SSSR count). The van der Waals surface area contributed by atoms with E-state index in [-0.39, 0.29) is 17.0 Å². The van der Waals surface area contributed by atoms with Crippen molar-refractivity contribution < 1.29 is 13.2 Å². The third-order valence-corrected chi connectivity index (χ3v) is 9.97. The van der Waals surface area contributed by atoms with E-state index >= 15 is 13.2 Å². The molecule has 1 N–H and O–H groups in total.